The molecule has 0 aromatic carbocycles. The van der Waals surface area contributed by atoms with Crippen molar-refractivity contribution in [1.29, 1.82) is 0 Å². The van der Waals surface area contributed by atoms with Crippen molar-refractivity contribution in [2.75, 3.05) is 0 Å². The first-order valence-corrected chi connectivity index (χ1v) is 6.97. The number of aromatic nitrogens is 1. The summed E-state index contributed by atoms with van der Waals surface area (Å²) in [6, 6.07) is 2.31. The van der Waals surface area contributed by atoms with E-state index in [2.05, 4.69) is 44.8 Å². The van der Waals surface area contributed by atoms with Crippen molar-refractivity contribution in [2.45, 2.75) is 34.1 Å². The molecule has 82 valence electrons. The summed E-state index contributed by atoms with van der Waals surface area (Å²) >= 11 is 0.216. The van der Waals surface area contributed by atoms with Gasteiger partial charge in [0.1, 0.15) is 0 Å². The Morgan fingerprint density at radius 1 is 1.20 bits per heavy atom. The fraction of sp³-hybridized carbons (Fsp3) is 0.385. The Morgan fingerprint density at radius 2 is 1.93 bits per heavy atom. The van der Waals surface area contributed by atoms with E-state index in [1.807, 2.05) is 0 Å². The minimum absolute atomic E-state index is 0.216. The van der Waals surface area contributed by atoms with Crippen molar-refractivity contribution in [2.24, 2.45) is 0 Å². The predicted octanol–water partition coefficient (Wildman–Crippen LogP) is 2.96. The zero-order valence-corrected chi connectivity index (χ0v) is 11.5. The fourth-order valence-corrected chi connectivity index (χ4v) is 4.31. The van der Waals surface area contributed by atoms with Crippen LogP contribution in [0, 0.1) is 13.8 Å². The monoisotopic (exact) mass is 289 g/mol. The average molecular weight is 288 g/mol. The van der Waals surface area contributed by atoms with Crippen LogP contribution in [0.4, 0.5) is 0 Å². The van der Waals surface area contributed by atoms with Gasteiger partial charge < -0.3 is 0 Å². The molecule has 0 spiro atoms. The van der Waals surface area contributed by atoms with Crippen molar-refractivity contribution < 1.29 is 17.1 Å². The van der Waals surface area contributed by atoms with Crippen LogP contribution >= 0.6 is 0 Å². The predicted molar refractivity (Wildman–Crippen MR) is 61.0 cm³/mol. The summed E-state index contributed by atoms with van der Waals surface area (Å²) in [4.78, 5) is 3.39. The first-order valence-electron chi connectivity index (χ1n) is 5.23. The van der Waals surface area contributed by atoms with E-state index < -0.39 is 0 Å². The van der Waals surface area contributed by atoms with Gasteiger partial charge in [0, 0.05) is 0 Å². The first kappa shape index (κ1) is 10.9. The molecule has 1 nitrogen and oxygen atoms in total. The van der Waals surface area contributed by atoms with E-state index in [9.17, 15) is 0 Å². The topological polar surface area (TPSA) is 15.8 Å². The number of hydrogen-bond donors (Lipinski definition) is 1. The number of nitrogens with one attached hydrogen (secondary N) is 1. The molecule has 0 amide bonds. The quantitative estimate of drug-likeness (QED) is 0.805. The standard InChI is InChI=1S/C7H9.C6H8N.Ru/c1-6-3-4-7(2)5-6;1-5-3-4-6(2)7-5;/h3H,4H2,1-2H3;3,7H,1-2H3;. The molecule has 0 unspecified atom stereocenters. The van der Waals surface area contributed by atoms with E-state index in [4.69, 9.17) is 0 Å². The molecule has 15 heavy (non-hydrogen) atoms. The van der Waals surface area contributed by atoms with Gasteiger partial charge in [0.15, 0.2) is 0 Å². The van der Waals surface area contributed by atoms with Gasteiger partial charge in [0.05, 0.1) is 0 Å². The molecular formula is C13H17NRu. The average Bonchev–Trinajstić information content (AvgIpc) is 2.63. The van der Waals surface area contributed by atoms with Crippen LogP contribution in [0.25, 0.3) is 0 Å². The molecule has 1 aromatic heterocycles. The van der Waals surface area contributed by atoms with Gasteiger partial charge in [0.25, 0.3) is 0 Å². The van der Waals surface area contributed by atoms with Gasteiger partial charge in [-0.25, -0.2) is 0 Å². The third-order valence-electron chi connectivity index (χ3n) is 2.67. The second kappa shape index (κ2) is 4.10. The Balaban J connectivity index is 2.26. The summed E-state index contributed by atoms with van der Waals surface area (Å²) in [5.41, 5.74) is 5.72. The van der Waals surface area contributed by atoms with Crippen molar-refractivity contribution in [1.82, 2.24) is 4.98 Å². The minimum atomic E-state index is 0.216. The van der Waals surface area contributed by atoms with Crippen molar-refractivity contribution >= 4 is 4.16 Å². The Labute approximate surface area is 99.3 Å². The van der Waals surface area contributed by atoms with Crippen LogP contribution in [0.1, 0.15) is 31.7 Å². The maximum atomic E-state index is 3.39. The molecule has 0 saturated carbocycles. The summed E-state index contributed by atoms with van der Waals surface area (Å²) in [5.74, 6) is 0. The molecule has 0 saturated heterocycles. The summed E-state index contributed by atoms with van der Waals surface area (Å²) in [6.07, 6.45) is 3.52. The molecule has 1 N–H and O–H groups in total. The second-order valence-corrected chi connectivity index (χ2v) is 6.41. The van der Waals surface area contributed by atoms with E-state index in [0.717, 1.165) is 6.42 Å². The summed E-state index contributed by atoms with van der Waals surface area (Å²) < 4.78 is 3.16. The molecule has 2 rings (SSSR count). The molecule has 0 bridgehead atoms. The molecule has 2 heteroatoms. The van der Waals surface area contributed by atoms with Crippen LogP contribution in [0.15, 0.2) is 27.5 Å². The fourth-order valence-electron chi connectivity index (χ4n) is 1.83. The number of aryl methyl sites for hydroxylation is 2. The van der Waals surface area contributed by atoms with Gasteiger partial charge in [-0.1, -0.05) is 0 Å². The van der Waals surface area contributed by atoms with E-state index in [1.165, 1.54) is 21.1 Å². The van der Waals surface area contributed by atoms with E-state index in [0.29, 0.717) is 0 Å². The molecule has 0 aliphatic heterocycles. The van der Waals surface area contributed by atoms with Gasteiger partial charge in [0.2, 0.25) is 0 Å². The zero-order valence-electron chi connectivity index (χ0n) is 9.72. The third-order valence-corrected chi connectivity index (χ3v) is 5.90. The van der Waals surface area contributed by atoms with Gasteiger partial charge in [-0.05, 0) is 0 Å². The molecule has 1 aromatic rings. The van der Waals surface area contributed by atoms with Crippen LogP contribution in [0.5, 0.6) is 0 Å². The number of hydrogen-bond acceptors (Lipinski definition) is 0. The second-order valence-electron chi connectivity index (χ2n) is 4.17. The summed E-state index contributed by atoms with van der Waals surface area (Å²) in [6.45, 7) is 8.83. The Kier molecular flexibility index (Phi) is 2.97. The van der Waals surface area contributed by atoms with Crippen molar-refractivity contribution in [3.8, 4) is 0 Å². The van der Waals surface area contributed by atoms with Crippen molar-refractivity contribution in [3.05, 3.63) is 38.8 Å². The number of allylic oxidation sites excluding steroid dienone is 4. The van der Waals surface area contributed by atoms with Gasteiger partial charge in [-0.3, -0.25) is 0 Å². The van der Waals surface area contributed by atoms with E-state index >= 15 is 0 Å². The molecule has 0 fully saturated rings. The molecule has 0 atom stereocenters. The number of rotatable bonds is 2. The number of aromatic amines is 1. The van der Waals surface area contributed by atoms with E-state index in [1.54, 1.807) is 9.74 Å². The Hall–Kier alpha value is -0.617. The normalized spacial score (nSPS) is 16.4. The van der Waals surface area contributed by atoms with Crippen LogP contribution in [0.2, 0.25) is 0 Å². The van der Waals surface area contributed by atoms with E-state index in [-0.39, 0.29) is 17.1 Å². The first-order chi connectivity index (χ1) is 7.08. The Bertz CT molecular complexity index is 449. The van der Waals surface area contributed by atoms with Crippen LogP contribution < -0.4 is 4.16 Å². The van der Waals surface area contributed by atoms with Crippen LogP contribution in [0.3, 0.4) is 0 Å². The van der Waals surface area contributed by atoms with Gasteiger partial charge >= 0.3 is 99.2 Å². The van der Waals surface area contributed by atoms with Gasteiger partial charge in [-0.2, -0.15) is 0 Å². The molecule has 0 radical (unpaired) electrons. The van der Waals surface area contributed by atoms with Gasteiger partial charge in [-0.15, -0.1) is 0 Å². The SMILES string of the molecule is CC1=CCC(C)=[C]1[Ru][c]1cc(C)[nH]c1C. The molecule has 1 aliphatic carbocycles. The zero-order chi connectivity index (χ0) is 11.0. The maximum absolute atomic E-state index is 3.39. The Morgan fingerprint density at radius 3 is 2.40 bits per heavy atom. The molecular weight excluding hydrogens is 271 g/mol. The number of H-pyrrole nitrogens is 1. The van der Waals surface area contributed by atoms with Crippen LogP contribution in [-0.2, 0) is 17.1 Å². The third kappa shape index (κ3) is 2.15. The van der Waals surface area contributed by atoms with Crippen molar-refractivity contribution in [3.63, 3.8) is 0 Å². The molecule has 1 aliphatic rings. The molecule has 1 heterocycles. The summed E-state index contributed by atoms with van der Waals surface area (Å²) in [7, 11) is 0. The van der Waals surface area contributed by atoms with Crippen LogP contribution in [-0.4, -0.2) is 4.98 Å². The summed E-state index contributed by atoms with van der Waals surface area (Å²) in [5, 5.41) is 0.